The summed E-state index contributed by atoms with van der Waals surface area (Å²) < 4.78 is 5.39. The Hall–Kier alpha value is -2.91. The van der Waals surface area contributed by atoms with E-state index in [1.54, 1.807) is 30.3 Å². The van der Waals surface area contributed by atoms with Gasteiger partial charge in [0.15, 0.2) is 0 Å². The molecule has 1 atom stereocenters. The molecule has 0 bridgehead atoms. The summed E-state index contributed by atoms with van der Waals surface area (Å²) in [6.07, 6.45) is -0.972. The van der Waals surface area contributed by atoms with Crippen LogP contribution < -0.4 is 4.74 Å². The number of non-ortho nitro benzene ring substituents is 1. The van der Waals surface area contributed by atoms with Crippen molar-refractivity contribution in [3.8, 4) is 11.8 Å². The fraction of sp³-hybridized carbons (Fsp3) is 0.133. The molecule has 0 saturated carbocycles. The average molecular weight is 284 g/mol. The zero-order valence-electron chi connectivity index (χ0n) is 11.0. The molecule has 0 aromatic heterocycles. The third kappa shape index (κ3) is 3.78. The van der Waals surface area contributed by atoms with Crippen LogP contribution in [0.1, 0.15) is 17.2 Å². The Balaban J connectivity index is 2.01. The second-order valence-electron chi connectivity index (χ2n) is 4.32. The summed E-state index contributed by atoms with van der Waals surface area (Å²) in [5.74, 6) is 0.512. The van der Waals surface area contributed by atoms with Gasteiger partial charge in [0.25, 0.3) is 5.69 Å². The fourth-order valence-corrected chi connectivity index (χ4v) is 1.74. The maximum atomic E-state index is 10.7. The van der Waals surface area contributed by atoms with E-state index >= 15 is 0 Å². The van der Waals surface area contributed by atoms with Crippen LogP contribution >= 0.6 is 0 Å². The van der Waals surface area contributed by atoms with Crippen molar-refractivity contribution < 1.29 is 14.8 Å². The summed E-state index contributed by atoms with van der Waals surface area (Å²) in [4.78, 5) is 10.2. The van der Waals surface area contributed by atoms with Crippen molar-refractivity contribution in [2.75, 3.05) is 6.61 Å². The first-order valence-electron chi connectivity index (χ1n) is 6.15. The van der Waals surface area contributed by atoms with Crippen LogP contribution in [0, 0.1) is 21.4 Å². The van der Waals surface area contributed by atoms with Crippen molar-refractivity contribution in [3.05, 3.63) is 69.8 Å². The van der Waals surface area contributed by atoms with Gasteiger partial charge in [0.2, 0.25) is 0 Å². The predicted octanol–water partition coefficient (Wildman–Crippen LogP) is 2.58. The Morgan fingerprint density at radius 3 is 2.62 bits per heavy atom. The number of ether oxygens (including phenoxy) is 1. The van der Waals surface area contributed by atoms with E-state index in [1.807, 2.05) is 6.07 Å². The van der Waals surface area contributed by atoms with E-state index in [1.165, 1.54) is 18.2 Å². The van der Waals surface area contributed by atoms with E-state index in [9.17, 15) is 15.2 Å². The van der Waals surface area contributed by atoms with Gasteiger partial charge in [-0.25, -0.2) is 0 Å². The van der Waals surface area contributed by atoms with Gasteiger partial charge in [0.1, 0.15) is 18.5 Å². The molecule has 0 spiro atoms. The quantitative estimate of drug-likeness (QED) is 0.672. The summed E-state index contributed by atoms with van der Waals surface area (Å²) in [6, 6.07) is 14.2. The molecule has 2 aromatic rings. The number of rotatable bonds is 5. The Morgan fingerprint density at radius 1 is 1.29 bits per heavy atom. The number of hydrogen-bond acceptors (Lipinski definition) is 5. The van der Waals surface area contributed by atoms with Crippen molar-refractivity contribution in [1.82, 2.24) is 0 Å². The monoisotopic (exact) mass is 284 g/mol. The maximum Gasteiger partial charge on any atom is 0.269 e. The molecule has 2 rings (SSSR count). The summed E-state index contributed by atoms with van der Waals surface area (Å²) in [7, 11) is 0. The van der Waals surface area contributed by atoms with Crippen molar-refractivity contribution in [2.24, 2.45) is 0 Å². The lowest BCUT2D eigenvalue weighted by Gasteiger charge is -2.12. The Kier molecular flexibility index (Phi) is 4.49. The third-order valence-corrected chi connectivity index (χ3v) is 2.86. The lowest BCUT2D eigenvalue weighted by molar-refractivity contribution is -0.385. The highest BCUT2D eigenvalue weighted by Crippen LogP contribution is 2.20. The Morgan fingerprint density at radius 2 is 2.00 bits per heavy atom. The first-order chi connectivity index (χ1) is 10.1. The lowest BCUT2D eigenvalue weighted by atomic mass is 10.1. The Bertz CT molecular complexity index is 677. The molecule has 0 aliphatic rings. The summed E-state index contributed by atoms with van der Waals surface area (Å²) >= 11 is 0. The number of nitrogens with zero attached hydrogens (tertiary/aromatic N) is 2. The SMILES string of the molecule is N#Cc1ccc(OCC(O)c2cccc([N+](=O)[O-])c2)cc1. The van der Waals surface area contributed by atoms with Crippen LogP contribution in [0.15, 0.2) is 48.5 Å². The minimum Gasteiger partial charge on any atom is -0.491 e. The molecule has 2 aromatic carbocycles. The normalized spacial score (nSPS) is 11.4. The molecule has 21 heavy (non-hydrogen) atoms. The van der Waals surface area contributed by atoms with Crippen molar-refractivity contribution >= 4 is 5.69 Å². The molecule has 0 heterocycles. The molecule has 1 N–H and O–H groups in total. The molecule has 1 unspecified atom stereocenters. The molecule has 0 saturated heterocycles. The van der Waals surface area contributed by atoms with Crippen LogP contribution in [0.3, 0.4) is 0 Å². The van der Waals surface area contributed by atoms with Crippen LogP contribution in [-0.2, 0) is 0 Å². The van der Waals surface area contributed by atoms with Gasteiger partial charge in [-0.1, -0.05) is 12.1 Å². The van der Waals surface area contributed by atoms with Crippen molar-refractivity contribution in [3.63, 3.8) is 0 Å². The standard InChI is InChI=1S/C15H12N2O4/c16-9-11-4-6-14(7-5-11)21-10-15(18)12-2-1-3-13(8-12)17(19)20/h1-8,15,18H,10H2. The number of hydrogen-bond donors (Lipinski definition) is 1. The van der Waals surface area contributed by atoms with E-state index in [2.05, 4.69) is 0 Å². The molecular weight excluding hydrogens is 272 g/mol. The van der Waals surface area contributed by atoms with Gasteiger partial charge in [0.05, 0.1) is 16.6 Å². The van der Waals surface area contributed by atoms with E-state index in [4.69, 9.17) is 10.00 Å². The van der Waals surface area contributed by atoms with Gasteiger partial charge < -0.3 is 9.84 Å². The van der Waals surface area contributed by atoms with Gasteiger partial charge in [-0.2, -0.15) is 5.26 Å². The number of benzene rings is 2. The summed E-state index contributed by atoms with van der Waals surface area (Å²) in [6.45, 7) is -0.0347. The molecule has 0 amide bonds. The van der Waals surface area contributed by atoms with Gasteiger partial charge in [-0.15, -0.1) is 0 Å². The highest BCUT2D eigenvalue weighted by Gasteiger charge is 2.13. The molecule has 106 valence electrons. The molecule has 0 aliphatic heterocycles. The summed E-state index contributed by atoms with van der Waals surface area (Å²) in [5.41, 5.74) is 0.851. The third-order valence-electron chi connectivity index (χ3n) is 2.86. The van der Waals surface area contributed by atoms with Gasteiger partial charge in [0, 0.05) is 12.1 Å². The largest absolute Gasteiger partial charge is 0.491 e. The van der Waals surface area contributed by atoms with E-state index in [0.717, 1.165) is 0 Å². The smallest absolute Gasteiger partial charge is 0.269 e. The Labute approximate surface area is 121 Å². The van der Waals surface area contributed by atoms with Crippen LogP contribution in [0.25, 0.3) is 0 Å². The van der Waals surface area contributed by atoms with Crippen LogP contribution in [-0.4, -0.2) is 16.6 Å². The van der Waals surface area contributed by atoms with Gasteiger partial charge in [-0.05, 0) is 29.8 Å². The molecular formula is C15H12N2O4. The highest BCUT2D eigenvalue weighted by molar-refractivity contribution is 5.36. The molecule has 0 aliphatic carbocycles. The number of nitro benzene ring substituents is 1. The van der Waals surface area contributed by atoms with Crippen molar-refractivity contribution in [1.29, 1.82) is 5.26 Å². The predicted molar refractivity (Wildman–Crippen MR) is 74.7 cm³/mol. The average Bonchev–Trinajstić information content (AvgIpc) is 2.53. The van der Waals surface area contributed by atoms with Crippen LogP contribution in [0.4, 0.5) is 5.69 Å². The first kappa shape index (κ1) is 14.5. The molecule has 0 fully saturated rings. The second-order valence-corrected chi connectivity index (χ2v) is 4.32. The lowest BCUT2D eigenvalue weighted by Crippen LogP contribution is -2.09. The fourth-order valence-electron chi connectivity index (χ4n) is 1.74. The number of nitro groups is 1. The minimum absolute atomic E-state index is 0.0347. The number of nitriles is 1. The minimum atomic E-state index is -0.972. The number of aliphatic hydroxyl groups is 1. The van der Waals surface area contributed by atoms with Crippen LogP contribution in [0.2, 0.25) is 0 Å². The van der Waals surface area contributed by atoms with Gasteiger partial charge >= 0.3 is 0 Å². The van der Waals surface area contributed by atoms with Crippen molar-refractivity contribution in [2.45, 2.75) is 6.10 Å². The maximum absolute atomic E-state index is 10.7. The summed E-state index contributed by atoms with van der Waals surface area (Å²) in [5, 5.41) is 29.4. The molecule has 0 radical (unpaired) electrons. The van der Waals surface area contributed by atoms with Gasteiger partial charge in [-0.3, -0.25) is 10.1 Å². The first-order valence-corrected chi connectivity index (χ1v) is 6.15. The zero-order chi connectivity index (χ0) is 15.2. The van der Waals surface area contributed by atoms with Crippen LogP contribution in [0.5, 0.6) is 5.75 Å². The molecule has 6 nitrogen and oxygen atoms in total. The second kappa shape index (κ2) is 6.50. The molecule has 6 heteroatoms. The topological polar surface area (TPSA) is 96.4 Å². The van der Waals surface area contributed by atoms with E-state index in [0.29, 0.717) is 16.9 Å². The number of aliphatic hydroxyl groups excluding tert-OH is 1. The highest BCUT2D eigenvalue weighted by atomic mass is 16.6. The van der Waals surface area contributed by atoms with E-state index in [-0.39, 0.29) is 12.3 Å². The zero-order valence-corrected chi connectivity index (χ0v) is 11.0. The van der Waals surface area contributed by atoms with E-state index < -0.39 is 11.0 Å².